The van der Waals surface area contributed by atoms with Crippen molar-refractivity contribution < 1.29 is 9.90 Å². The van der Waals surface area contributed by atoms with Crippen molar-refractivity contribution >= 4 is 11.6 Å². The molecule has 0 aliphatic carbocycles. The maximum atomic E-state index is 11.9. The number of rotatable bonds is 7. The molecule has 0 heterocycles. The van der Waals surface area contributed by atoms with E-state index in [9.17, 15) is 9.90 Å². The molecule has 2 atom stereocenters. The van der Waals surface area contributed by atoms with Gasteiger partial charge in [0.25, 0.3) is 0 Å². The van der Waals surface area contributed by atoms with Gasteiger partial charge >= 0.3 is 0 Å². The highest BCUT2D eigenvalue weighted by Crippen LogP contribution is 2.11. The lowest BCUT2D eigenvalue weighted by Crippen LogP contribution is -2.46. The Morgan fingerprint density at radius 2 is 2.00 bits per heavy atom. The molecule has 0 radical (unpaired) electrons. The van der Waals surface area contributed by atoms with Gasteiger partial charge in [0.05, 0.1) is 11.6 Å². The van der Waals surface area contributed by atoms with E-state index in [-0.39, 0.29) is 11.9 Å². The van der Waals surface area contributed by atoms with Crippen molar-refractivity contribution in [2.45, 2.75) is 45.3 Å². The molecular weight excluding hydrogens is 240 g/mol. The number of carbonyl (C=O) groups is 1. The van der Waals surface area contributed by atoms with Gasteiger partial charge in [-0.15, -0.1) is 0 Å². The van der Waals surface area contributed by atoms with Crippen LogP contribution in [0.3, 0.4) is 0 Å². The Balaban J connectivity index is 2.41. The molecule has 0 fully saturated rings. The number of nitrogens with one attached hydrogen (secondary N) is 2. The molecule has 1 aromatic carbocycles. The quantitative estimate of drug-likeness (QED) is 0.707. The molecule has 1 amide bonds. The number of aliphatic hydroxyl groups is 1. The molecule has 4 heteroatoms. The molecule has 0 saturated heterocycles. The minimum absolute atomic E-state index is 0.0986. The maximum absolute atomic E-state index is 11.9. The zero-order valence-corrected chi connectivity index (χ0v) is 11.9. The molecule has 0 bridgehead atoms. The molecule has 0 spiro atoms. The molecule has 3 N–H and O–H groups in total. The molecule has 1 aromatic rings. The summed E-state index contributed by atoms with van der Waals surface area (Å²) < 4.78 is 0. The van der Waals surface area contributed by atoms with Crippen LogP contribution < -0.4 is 10.6 Å². The highest BCUT2D eigenvalue weighted by molar-refractivity contribution is 5.94. The van der Waals surface area contributed by atoms with Crippen LogP contribution in [-0.4, -0.2) is 29.2 Å². The third-order valence-electron chi connectivity index (χ3n) is 3.01. The minimum Gasteiger partial charge on any atom is -0.389 e. The van der Waals surface area contributed by atoms with E-state index in [2.05, 4.69) is 10.6 Å². The largest absolute Gasteiger partial charge is 0.389 e. The molecule has 19 heavy (non-hydrogen) atoms. The first-order valence-corrected chi connectivity index (χ1v) is 6.76. The van der Waals surface area contributed by atoms with Gasteiger partial charge in [-0.2, -0.15) is 0 Å². The number of anilines is 1. The number of para-hydroxylation sites is 1. The lowest BCUT2D eigenvalue weighted by atomic mass is 10.0. The summed E-state index contributed by atoms with van der Waals surface area (Å²) in [6.07, 6.45) is 1.63. The first-order valence-electron chi connectivity index (χ1n) is 6.76. The highest BCUT2D eigenvalue weighted by atomic mass is 16.3. The summed E-state index contributed by atoms with van der Waals surface area (Å²) in [7, 11) is 0. The number of amides is 1. The summed E-state index contributed by atoms with van der Waals surface area (Å²) in [5, 5.41) is 15.9. The van der Waals surface area contributed by atoms with Crippen molar-refractivity contribution in [3.8, 4) is 0 Å². The van der Waals surface area contributed by atoms with E-state index in [0.29, 0.717) is 13.0 Å². The first kappa shape index (κ1) is 15.7. The Morgan fingerprint density at radius 3 is 2.58 bits per heavy atom. The second kappa shape index (κ2) is 7.26. The Labute approximate surface area is 115 Å². The SMILES string of the molecule is CCCC(C)(O)CNC(C)C(=O)Nc1ccccc1. The third-order valence-corrected chi connectivity index (χ3v) is 3.01. The van der Waals surface area contributed by atoms with E-state index < -0.39 is 5.60 Å². The van der Waals surface area contributed by atoms with Crippen LogP contribution in [0.25, 0.3) is 0 Å². The fourth-order valence-electron chi connectivity index (χ4n) is 1.86. The van der Waals surface area contributed by atoms with Crippen LogP contribution in [0, 0.1) is 0 Å². The van der Waals surface area contributed by atoms with Crippen LogP contribution in [0.5, 0.6) is 0 Å². The minimum atomic E-state index is -0.768. The Bertz CT molecular complexity index is 390. The van der Waals surface area contributed by atoms with E-state index in [4.69, 9.17) is 0 Å². The highest BCUT2D eigenvalue weighted by Gasteiger charge is 2.21. The van der Waals surface area contributed by atoms with Crippen LogP contribution in [0.4, 0.5) is 5.69 Å². The van der Waals surface area contributed by atoms with E-state index in [1.807, 2.05) is 37.3 Å². The molecule has 4 nitrogen and oxygen atoms in total. The lowest BCUT2D eigenvalue weighted by Gasteiger charge is -2.25. The molecule has 0 aliphatic heterocycles. The summed E-state index contributed by atoms with van der Waals surface area (Å²) in [5.74, 6) is -0.0986. The number of hydrogen-bond donors (Lipinski definition) is 3. The second-order valence-electron chi connectivity index (χ2n) is 5.20. The topological polar surface area (TPSA) is 61.4 Å². The van der Waals surface area contributed by atoms with Gasteiger partial charge in [-0.1, -0.05) is 31.5 Å². The van der Waals surface area contributed by atoms with Crippen molar-refractivity contribution in [3.63, 3.8) is 0 Å². The average molecular weight is 264 g/mol. The Morgan fingerprint density at radius 1 is 1.37 bits per heavy atom. The van der Waals surface area contributed by atoms with Crippen molar-refractivity contribution in [1.82, 2.24) is 5.32 Å². The monoisotopic (exact) mass is 264 g/mol. The van der Waals surface area contributed by atoms with Gasteiger partial charge < -0.3 is 15.7 Å². The molecule has 0 saturated carbocycles. The first-order chi connectivity index (χ1) is 8.94. The number of benzene rings is 1. The second-order valence-corrected chi connectivity index (χ2v) is 5.20. The summed E-state index contributed by atoms with van der Waals surface area (Å²) >= 11 is 0. The standard InChI is InChI=1S/C15H24N2O2/c1-4-10-15(3,19)11-16-12(2)14(18)17-13-8-6-5-7-9-13/h5-9,12,16,19H,4,10-11H2,1-3H3,(H,17,18). The van der Waals surface area contributed by atoms with Crippen LogP contribution >= 0.6 is 0 Å². The van der Waals surface area contributed by atoms with E-state index in [0.717, 1.165) is 12.1 Å². The van der Waals surface area contributed by atoms with Crippen molar-refractivity contribution in [1.29, 1.82) is 0 Å². The molecule has 1 rings (SSSR count). The van der Waals surface area contributed by atoms with E-state index in [1.165, 1.54) is 0 Å². The summed E-state index contributed by atoms with van der Waals surface area (Å²) in [4.78, 5) is 11.9. The van der Waals surface area contributed by atoms with Gasteiger partial charge in [0, 0.05) is 12.2 Å². The van der Waals surface area contributed by atoms with Crippen molar-refractivity contribution in [2.24, 2.45) is 0 Å². The summed E-state index contributed by atoms with van der Waals surface area (Å²) in [5.41, 5.74) is 0.0113. The molecule has 0 aliphatic rings. The van der Waals surface area contributed by atoms with Crippen LogP contribution in [0.1, 0.15) is 33.6 Å². The summed E-state index contributed by atoms with van der Waals surface area (Å²) in [6.45, 7) is 6.01. The number of hydrogen-bond acceptors (Lipinski definition) is 3. The molecular formula is C15H24N2O2. The predicted molar refractivity (Wildman–Crippen MR) is 78.1 cm³/mol. The Hall–Kier alpha value is -1.39. The van der Waals surface area contributed by atoms with Crippen LogP contribution in [0.15, 0.2) is 30.3 Å². The maximum Gasteiger partial charge on any atom is 0.241 e. The average Bonchev–Trinajstić information content (AvgIpc) is 2.37. The normalized spacial score (nSPS) is 15.6. The smallest absolute Gasteiger partial charge is 0.241 e. The zero-order valence-electron chi connectivity index (χ0n) is 11.9. The lowest BCUT2D eigenvalue weighted by molar-refractivity contribution is -0.118. The van der Waals surface area contributed by atoms with Crippen LogP contribution in [-0.2, 0) is 4.79 Å². The van der Waals surface area contributed by atoms with Gasteiger partial charge in [0.1, 0.15) is 0 Å². The van der Waals surface area contributed by atoms with Crippen molar-refractivity contribution in [3.05, 3.63) is 30.3 Å². The Kier molecular flexibility index (Phi) is 5.99. The third kappa shape index (κ3) is 5.85. The fraction of sp³-hybridized carbons (Fsp3) is 0.533. The fourth-order valence-corrected chi connectivity index (χ4v) is 1.86. The van der Waals surface area contributed by atoms with Gasteiger partial charge in [-0.05, 0) is 32.4 Å². The van der Waals surface area contributed by atoms with Crippen LogP contribution in [0.2, 0.25) is 0 Å². The van der Waals surface area contributed by atoms with Gasteiger partial charge in [-0.3, -0.25) is 4.79 Å². The molecule has 2 unspecified atom stereocenters. The molecule has 106 valence electrons. The number of carbonyl (C=O) groups excluding carboxylic acids is 1. The molecule has 0 aromatic heterocycles. The van der Waals surface area contributed by atoms with Gasteiger partial charge in [0.2, 0.25) is 5.91 Å². The van der Waals surface area contributed by atoms with Gasteiger partial charge in [-0.25, -0.2) is 0 Å². The van der Waals surface area contributed by atoms with Gasteiger partial charge in [0.15, 0.2) is 0 Å². The van der Waals surface area contributed by atoms with E-state index >= 15 is 0 Å². The van der Waals surface area contributed by atoms with Crippen molar-refractivity contribution in [2.75, 3.05) is 11.9 Å². The summed E-state index contributed by atoms with van der Waals surface area (Å²) in [6, 6.07) is 9.00. The zero-order chi connectivity index (χ0) is 14.3. The van der Waals surface area contributed by atoms with E-state index in [1.54, 1.807) is 13.8 Å². The predicted octanol–water partition coefficient (Wildman–Crippen LogP) is 2.15.